The van der Waals surface area contributed by atoms with Gasteiger partial charge in [-0.25, -0.2) is 0 Å². The first-order valence-corrected chi connectivity index (χ1v) is 11.2. The molecule has 1 amide bonds. The van der Waals surface area contributed by atoms with Gasteiger partial charge in [0.15, 0.2) is 11.0 Å². The minimum absolute atomic E-state index is 0.0216. The molecule has 0 saturated heterocycles. The maximum absolute atomic E-state index is 12.4. The predicted octanol–water partition coefficient (Wildman–Crippen LogP) is 4.53. The highest BCUT2D eigenvalue weighted by Crippen LogP contribution is 2.23. The normalized spacial score (nSPS) is 14.9. The zero-order chi connectivity index (χ0) is 20.6. The van der Waals surface area contributed by atoms with Gasteiger partial charge in [0.05, 0.1) is 5.25 Å². The minimum atomic E-state index is -0.247. The molecule has 1 aliphatic rings. The van der Waals surface area contributed by atoms with Gasteiger partial charge in [0, 0.05) is 18.6 Å². The quantitative estimate of drug-likeness (QED) is 0.463. The summed E-state index contributed by atoms with van der Waals surface area (Å²) in [5.41, 5.74) is 1.47. The Morgan fingerprint density at radius 1 is 1.31 bits per heavy atom. The van der Waals surface area contributed by atoms with Gasteiger partial charge in [0.25, 0.3) is 0 Å². The van der Waals surface area contributed by atoms with E-state index in [4.69, 9.17) is 16.3 Å². The van der Waals surface area contributed by atoms with Crippen LogP contribution in [0.15, 0.2) is 41.1 Å². The van der Waals surface area contributed by atoms with Crippen molar-refractivity contribution < 1.29 is 9.53 Å². The Kier molecular flexibility index (Phi) is 8.00. The van der Waals surface area contributed by atoms with Crippen LogP contribution in [0.25, 0.3) is 0 Å². The Hall–Kier alpha value is -1.99. The summed E-state index contributed by atoms with van der Waals surface area (Å²) in [6.07, 6.45) is 8.16. The number of aromatic nitrogens is 3. The number of ether oxygens (including phenoxy) is 1. The first-order valence-electron chi connectivity index (χ1n) is 9.92. The molecular formula is C21H27ClN4O2S. The molecule has 0 saturated carbocycles. The molecule has 1 atom stereocenters. The smallest absolute Gasteiger partial charge is 0.233 e. The highest BCUT2D eigenvalue weighted by atomic mass is 35.5. The molecule has 0 aliphatic heterocycles. The van der Waals surface area contributed by atoms with Crippen LogP contribution in [0.3, 0.4) is 0 Å². The fraction of sp³-hybridized carbons (Fsp3) is 0.476. The number of amides is 1. The van der Waals surface area contributed by atoms with E-state index in [1.807, 2.05) is 30.7 Å². The van der Waals surface area contributed by atoms with Gasteiger partial charge >= 0.3 is 0 Å². The molecule has 0 fully saturated rings. The van der Waals surface area contributed by atoms with Crippen molar-refractivity contribution in [2.45, 2.75) is 56.0 Å². The largest absolute Gasteiger partial charge is 0.486 e. The summed E-state index contributed by atoms with van der Waals surface area (Å²) in [5.74, 6) is 1.43. The number of carbonyl (C=O) groups excluding carboxylic acids is 1. The van der Waals surface area contributed by atoms with Gasteiger partial charge in [-0.05, 0) is 63.3 Å². The third-order valence-electron chi connectivity index (χ3n) is 4.89. The number of carbonyl (C=O) groups is 1. The van der Waals surface area contributed by atoms with E-state index < -0.39 is 0 Å². The van der Waals surface area contributed by atoms with Crippen molar-refractivity contribution in [1.82, 2.24) is 20.1 Å². The lowest BCUT2D eigenvalue weighted by molar-refractivity contribution is -0.120. The average molecular weight is 435 g/mol. The van der Waals surface area contributed by atoms with Crippen LogP contribution in [-0.4, -0.2) is 32.5 Å². The molecular weight excluding hydrogens is 408 g/mol. The molecule has 0 radical (unpaired) electrons. The Labute approximate surface area is 181 Å². The number of hydrogen-bond acceptors (Lipinski definition) is 5. The van der Waals surface area contributed by atoms with Gasteiger partial charge in [-0.2, -0.15) is 0 Å². The summed E-state index contributed by atoms with van der Waals surface area (Å²) in [4.78, 5) is 12.4. The summed E-state index contributed by atoms with van der Waals surface area (Å²) < 4.78 is 7.59. The maximum atomic E-state index is 12.4. The van der Waals surface area contributed by atoms with Gasteiger partial charge in [0.1, 0.15) is 12.4 Å². The van der Waals surface area contributed by atoms with E-state index in [1.54, 1.807) is 12.1 Å². The number of benzene rings is 1. The van der Waals surface area contributed by atoms with Gasteiger partial charge in [-0.1, -0.05) is 35.0 Å². The molecule has 0 spiro atoms. The molecule has 2 aromatic rings. The average Bonchev–Trinajstić information content (AvgIpc) is 3.07. The molecule has 1 N–H and O–H groups in total. The van der Waals surface area contributed by atoms with E-state index in [-0.39, 0.29) is 11.2 Å². The second-order valence-corrected chi connectivity index (χ2v) is 8.85. The molecule has 29 heavy (non-hydrogen) atoms. The van der Waals surface area contributed by atoms with Crippen LogP contribution in [-0.2, 0) is 18.4 Å². The Morgan fingerprint density at radius 3 is 2.83 bits per heavy atom. The van der Waals surface area contributed by atoms with Crippen LogP contribution in [0.5, 0.6) is 5.75 Å². The summed E-state index contributed by atoms with van der Waals surface area (Å²) in [6.45, 7) is 2.87. The lowest BCUT2D eigenvalue weighted by Gasteiger charge is -2.15. The summed E-state index contributed by atoms with van der Waals surface area (Å²) >= 11 is 7.28. The van der Waals surface area contributed by atoms with Crippen molar-refractivity contribution in [3.63, 3.8) is 0 Å². The summed E-state index contributed by atoms with van der Waals surface area (Å²) in [5, 5.41) is 12.5. The molecule has 6 nitrogen and oxygen atoms in total. The van der Waals surface area contributed by atoms with Crippen LogP contribution in [0.1, 0.15) is 44.9 Å². The fourth-order valence-corrected chi connectivity index (χ4v) is 4.07. The first kappa shape index (κ1) is 21.7. The SMILES string of the molecule is CC(Sc1nnc(COc2ccc(Cl)cc2)n1C)C(=O)NCCC1=CCCCC1. The number of thioether (sulfide) groups is 1. The maximum Gasteiger partial charge on any atom is 0.233 e. The van der Waals surface area contributed by atoms with Crippen LogP contribution >= 0.6 is 23.4 Å². The van der Waals surface area contributed by atoms with E-state index in [0.29, 0.717) is 34.9 Å². The molecule has 1 aliphatic carbocycles. The van der Waals surface area contributed by atoms with E-state index in [2.05, 4.69) is 21.6 Å². The number of rotatable bonds is 9. The van der Waals surface area contributed by atoms with Crippen LogP contribution in [0.4, 0.5) is 0 Å². The van der Waals surface area contributed by atoms with Crippen molar-refractivity contribution in [1.29, 1.82) is 0 Å². The Balaban J connectivity index is 1.45. The molecule has 8 heteroatoms. The van der Waals surface area contributed by atoms with E-state index in [9.17, 15) is 4.79 Å². The van der Waals surface area contributed by atoms with Crippen molar-refractivity contribution in [3.8, 4) is 5.75 Å². The third kappa shape index (κ3) is 6.51. The summed E-state index contributed by atoms with van der Waals surface area (Å²) in [7, 11) is 1.88. The van der Waals surface area contributed by atoms with Gasteiger partial charge < -0.3 is 14.6 Å². The second-order valence-electron chi connectivity index (χ2n) is 7.11. The zero-order valence-electron chi connectivity index (χ0n) is 16.9. The molecule has 1 aromatic heterocycles. The molecule has 1 unspecified atom stereocenters. The van der Waals surface area contributed by atoms with Crippen molar-refractivity contribution in [3.05, 3.63) is 46.8 Å². The predicted molar refractivity (Wildman–Crippen MR) is 116 cm³/mol. The molecule has 156 valence electrons. The van der Waals surface area contributed by atoms with Crippen molar-refractivity contribution >= 4 is 29.3 Å². The minimum Gasteiger partial charge on any atom is -0.486 e. The van der Waals surface area contributed by atoms with Crippen LogP contribution < -0.4 is 10.1 Å². The van der Waals surface area contributed by atoms with Crippen molar-refractivity contribution in [2.75, 3.05) is 6.54 Å². The highest BCUT2D eigenvalue weighted by molar-refractivity contribution is 8.00. The number of nitrogens with zero attached hydrogens (tertiary/aromatic N) is 3. The first-order chi connectivity index (χ1) is 14.0. The number of nitrogens with one attached hydrogen (secondary N) is 1. The third-order valence-corrected chi connectivity index (χ3v) is 6.27. The van der Waals surface area contributed by atoms with Crippen molar-refractivity contribution in [2.24, 2.45) is 7.05 Å². The van der Waals surface area contributed by atoms with E-state index in [0.717, 1.165) is 6.42 Å². The fourth-order valence-electron chi connectivity index (χ4n) is 3.09. The van der Waals surface area contributed by atoms with Gasteiger partial charge in [-0.3, -0.25) is 4.79 Å². The van der Waals surface area contributed by atoms with E-state index in [1.165, 1.54) is 43.0 Å². The Morgan fingerprint density at radius 2 is 2.10 bits per heavy atom. The molecule has 0 bridgehead atoms. The topological polar surface area (TPSA) is 69.0 Å². The highest BCUT2D eigenvalue weighted by Gasteiger charge is 2.19. The molecule has 1 heterocycles. The molecule has 1 aromatic carbocycles. The van der Waals surface area contributed by atoms with E-state index >= 15 is 0 Å². The van der Waals surface area contributed by atoms with Crippen LogP contribution in [0.2, 0.25) is 5.02 Å². The lowest BCUT2D eigenvalue weighted by atomic mass is 9.97. The standard InChI is InChI=1S/C21H27ClN4O2S/c1-15(20(27)23-13-12-16-6-4-3-5-7-16)29-21-25-24-19(26(21)2)14-28-18-10-8-17(22)9-11-18/h6,8-11,15H,3-5,7,12-14H2,1-2H3,(H,23,27). The monoisotopic (exact) mass is 434 g/mol. The second kappa shape index (κ2) is 10.7. The molecule has 3 rings (SSSR count). The van der Waals surface area contributed by atoms with Crippen LogP contribution in [0, 0.1) is 0 Å². The lowest BCUT2D eigenvalue weighted by Crippen LogP contribution is -2.32. The number of halogens is 1. The van der Waals surface area contributed by atoms with Gasteiger partial charge in [-0.15, -0.1) is 10.2 Å². The zero-order valence-corrected chi connectivity index (χ0v) is 18.4. The number of hydrogen-bond donors (Lipinski definition) is 1. The van der Waals surface area contributed by atoms with Gasteiger partial charge in [0.2, 0.25) is 5.91 Å². The summed E-state index contributed by atoms with van der Waals surface area (Å²) in [6, 6.07) is 7.17. The number of allylic oxidation sites excluding steroid dienone is 1. The Bertz CT molecular complexity index is 851.